The second-order valence-corrected chi connectivity index (χ2v) is 4.79. The fraction of sp³-hybridized carbons (Fsp3) is 0.583. The Labute approximate surface area is 105 Å². The zero-order valence-corrected chi connectivity index (χ0v) is 10.1. The van der Waals surface area contributed by atoms with Gasteiger partial charge in [-0.1, -0.05) is 19.3 Å². The molecule has 0 spiro atoms. The molecule has 2 rings (SSSR count). The molecule has 0 aromatic carbocycles. The zero-order valence-electron chi connectivity index (χ0n) is 10.1. The van der Waals surface area contributed by atoms with Crippen LogP contribution < -0.4 is 5.32 Å². The Bertz CT molecular complexity index is 430. The number of aromatic nitrogens is 1. The molecule has 0 aliphatic heterocycles. The summed E-state index contributed by atoms with van der Waals surface area (Å²) in [7, 11) is 0. The summed E-state index contributed by atoms with van der Waals surface area (Å²) in [6.45, 7) is 0.345. The molecule has 18 heavy (non-hydrogen) atoms. The molecular weight excluding hydrogens is 234 g/mol. The first-order valence-corrected chi connectivity index (χ1v) is 6.15. The summed E-state index contributed by atoms with van der Waals surface area (Å²) in [4.78, 5) is 14.1. The SMILES string of the molecule is O=[N+]([O-])c1cnccc1NCC1(O)CCCCC1. The van der Waals surface area contributed by atoms with E-state index >= 15 is 0 Å². The van der Waals surface area contributed by atoms with Crippen LogP contribution >= 0.6 is 0 Å². The van der Waals surface area contributed by atoms with Crippen molar-refractivity contribution in [1.82, 2.24) is 4.98 Å². The average Bonchev–Trinajstić information content (AvgIpc) is 2.38. The van der Waals surface area contributed by atoms with Gasteiger partial charge in [-0.25, -0.2) is 0 Å². The molecule has 1 heterocycles. The molecule has 6 nitrogen and oxygen atoms in total. The van der Waals surface area contributed by atoms with Crippen LogP contribution in [0.2, 0.25) is 0 Å². The van der Waals surface area contributed by atoms with Gasteiger partial charge in [-0.05, 0) is 18.9 Å². The van der Waals surface area contributed by atoms with Gasteiger partial charge in [0, 0.05) is 12.7 Å². The number of nitro groups is 1. The van der Waals surface area contributed by atoms with E-state index in [4.69, 9.17) is 0 Å². The second kappa shape index (κ2) is 5.30. The molecule has 98 valence electrons. The predicted molar refractivity (Wildman–Crippen MR) is 67.4 cm³/mol. The molecule has 0 unspecified atom stereocenters. The van der Waals surface area contributed by atoms with Gasteiger partial charge in [0.15, 0.2) is 0 Å². The monoisotopic (exact) mass is 251 g/mol. The van der Waals surface area contributed by atoms with Crippen molar-refractivity contribution in [3.8, 4) is 0 Å². The summed E-state index contributed by atoms with van der Waals surface area (Å²) >= 11 is 0. The maximum absolute atomic E-state index is 10.8. The van der Waals surface area contributed by atoms with E-state index in [-0.39, 0.29) is 5.69 Å². The molecule has 0 saturated heterocycles. The largest absolute Gasteiger partial charge is 0.388 e. The van der Waals surface area contributed by atoms with Gasteiger partial charge in [0.05, 0.1) is 10.5 Å². The van der Waals surface area contributed by atoms with E-state index in [0.717, 1.165) is 32.1 Å². The first kappa shape index (κ1) is 12.8. The standard InChI is InChI=1S/C12H17N3O3/c16-12(5-2-1-3-6-12)9-14-10-4-7-13-8-11(10)15(17)18/h4,7-8,16H,1-3,5-6,9H2,(H,13,14). The van der Waals surface area contributed by atoms with Gasteiger partial charge in [0.25, 0.3) is 0 Å². The highest BCUT2D eigenvalue weighted by Gasteiger charge is 2.29. The van der Waals surface area contributed by atoms with E-state index in [0.29, 0.717) is 12.2 Å². The lowest BCUT2D eigenvalue weighted by Crippen LogP contribution is -2.38. The van der Waals surface area contributed by atoms with Crippen LogP contribution in [0.25, 0.3) is 0 Å². The smallest absolute Gasteiger partial charge is 0.310 e. The van der Waals surface area contributed by atoms with Crippen LogP contribution in [0.15, 0.2) is 18.5 Å². The summed E-state index contributed by atoms with van der Waals surface area (Å²) in [5, 5.41) is 24.1. The Morgan fingerprint density at radius 3 is 2.83 bits per heavy atom. The lowest BCUT2D eigenvalue weighted by molar-refractivity contribution is -0.384. The van der Waals surface area contributed by atoms with Crippen LogP contribution in [-0.4, -0.2) is 27.2 Å². The third-order valence-electron chi connectivity index (χ3n) is 3.39. The summed E-state index contributed by atoms with van der Waals surface area (Å²) in [6, 6.07) is 1.56. The van der Waals surface area contributed by atoms with E-state index < -0.39 is 10.5 Å². The Morgan fingerprint density at radius 1 is 1.44 bits per heavy atom. The Balaban J connectivity index is 2.03. The molecule has 1 aromatic rings. The molecule has 1 aliphatic rings. The highest BCUT2D eigenvalue weighted by atomic mass is 16.6. The van der Waals surface area contributed by atoms with Gasteiger partial charge in [-0.2, -0.15) is 0 Å². The van der Waals surface area contributed by atoms with Gasteiger partial charge >= 0.3 is 5.69 Å². The quantitative estimate of drug-likeness (QED) is 0.632. The minimum Gasteiger partial charge on any atom is -0.388 e. The van der Waals surface area contributed by atoms with E-state index in [1.807, 2.05) is 0 Å². The fourth-order valence-electron chi connectivity index (χ4n) is 2.33. The van der Waals surface area contributed by atoms with Crippen molar-refractivity contribution in [1.29, 1.82) is 0 Å². The van der Waals surface area contributed by atoms with Crippen molar-refractivity contribution in [3.63, 3.8) is 0 Å². The normalized spacial score (nSPS) is 18.3. The molecular formula is C12H17N3O3. The van der Waals surface area contributed by atoms with Crippen molar-refractivity contribution in [2.75, 3.05) is 11.9 Å². The maximum atomic E-state index is 10.8. The van der Waals surface area contributed by atoms with Gasteiger partial charge in [-0.3, -0.25) is 15.1 Å². The first-order valence-electron chi connectivity index (χ1n) is 6.15. The third-order valence-corrected chi connectivity index (χ3v) is 3.39. The average molecular weight is 251 g/mol. The molecule has 1 aliphatic carbocycles. The third kappa shape index (κ3) is 2.95. The summed E-state index contributed by atoms with van der Waals surface area (Å²) in [5.74, 6) is 0. The van der Waals surface area contributed by atoms with Crippen LogP contribution in [0.3, 0.4) is 0 Å². The first-order chi connectivity index (χ1) is 8.61. The van der Waals surface area contributed by atoms with Crippen LogP contribution in [-0.2, 0) is 0 Å². The lowest BCUT2D eigenvalue weighted by Gasteiger charge is -2.32. The predicted octanol–water partition coefficient (Wildman–Crippen LogP) is 2.10. The van der Waals surface area contributed by atoms with Gasteiger partial charge < -0.3 is 10.4 Å². The Kier molecular flexibility index (Phi) is 3.76. The van der Waals surface area contributed by atoms with Gasteiger partial charge in [0.1, 0.15) is 11.9 Å². The number of nitrogens with one attached hydrogen (secondary N) is 1. The molecule has 0 amide bonds. The number of anilines is 1. The van der Waals surface area contributed by atoms with Gasteiger partial charge in [-0.15, -0.1) is 0 Å². The maximum Gasteiger partial charge on any atom is 0.310 e. The van der Waals surface area contributed by atoms with E-state index in [1.54, 1.807) is 6.07 Å². The number of nitrogens with zero attached hydrogens (tertiary/aromatic N) is 2. The van der Waals surface area contributed by atoms with E-state index in [1.165, 1.54) is 12.4 Å². The number of rotatable bonds is 4. The van der Waals surface area contributed by atoms with Gasteiger partial charge in [0.2, 0.25) is 0 Å². The van der Waals surface area contributed by atoms with Crippen molar-refractivity contribution in [2.24, 2.45) is 0 Å². The number of aliphatic hydroxyl groups is 1. The molecule has 6 heteroatoms. The second-order valence-electron chi connectivity index (χ2n) is 4.79. The number of pyridine rings is 1. The minimum absolute atomic E-state index is 0.0584. The number of hydrogen-bond donors (Lipinski definition) is 2. The van der Waals surface area contributed by atoms with E-state index in [2.05, 4.69) is 10.3 Å². The summed E-state index contributed by atoms with van der Waals surface area (Å²) < 4.78 is 0. The molecule has 1 saturated carbocycles. The minimum atomic E-state index is -0.741. The van der Waals surface area contributed by atoms with Crippen molar-refractivity contribution < 1.29 is 10.0 Å². The Morgan fingerprint density at radius 2 is 2.17 bits per heavy atom. The molecule has 0 radical (unpaired) electrons. The molecule has 1 aromatic heterocycles. The summed E-state index contributed by atoms with van der Waals surface area (Å²) in [5.41, 5.74) is -0.388. The van der Waals surface area contributed by atoms with Crippen molar-refractivity contribution >= 4 is 11.4 Å². The van der Waals surface area contributed by atoms with E-state index in [9.17, 15) is 15.2 Å². The van der Waals surface area contributed by atoms with Crippen LogP contribution in [0.5, 0.6) is 0 Å². The Hall–Kier alpha value is -1.69. The molecule has 1 fully saturated rings. The molecule has 2 N–H and O–H groups in total. The fourth-order valence-corrected chi connectivity index (χ4v) is 2.33. The molecule has 0 atom stereocenters. The zero-order chi connectivity index (χ0) is 13.0. The highest BCUT2D eigenvalue weighted by molar-refractivity contribution is 5.59. The van der Waals surface area contributed by atoms with Crippen LogP contribution in [0.1, 0.15) is 32.1 Å². The van der Waals surface area contributed by atoms with Crippen molar-refractivity contribution in [3.05, 3.63) is 28.6 Å². The van der Waals surface area contributed by atoms with Crippen LogP contribution in [0, 0.1) is 10.1 Å². The topological polar surface area (TPSA) is 88.3 Å². The van der Waals surface area contributed by atoms with Crippen LogP contribution in [0.4, 0.5) is 11.4 Å². The molecule has 0 bridgehead atoms. The lowest BCUT2D eigenvalue weighted by atomic mass is 9.85. The highest BCUT2D eigenvalue weighted by Crippen LogP contribution is 2.29. The number of hydrogen-bond acceptors (Lipinski definition) is 5. The summed E-state index contributed by atoms with van der Waals surface area (Å²) in [6.07, 6.45) is 7.39. The van der Waals surface area contributed by atoms with Crippen molar-refractivity contribution in [2.45, 2.75) is 37.7 Å².